The molecule has 4 unspecified atom stereocenters. The summed E-state index contributed by atoms with van der Waals surface area (Å²) in [6.07, 6.45) is 1.38. The molecular formula is C26H40N2O10. The topological polar surface area (TPSA) is 163 Å². The van der Waals surface area contributed by atoms with Gasteiger partial charge in [0.1, 0.15) is 0 Å². The van der Waals surface area contributed by atoms with Crippen molar-refractivity contribution in [1.82, 2.24) is 10.6 Å². The van der Waals surface area contributed by atoms with E-state index in [4.69, 9.17) is 18.9 Å². The summed E-state index contributed by atoms with van der Waals surface area (Å²) >= 11 is 0. The van der Waals surface area contributed by atoms with Crippen molar-refractivity contribution in [2.24, 2.45) is 0 Å². The first-order chi connectivity index (χ1) is 18.0. The second-order valence-corrected chi connectivity index (χ2v) is 9.90. The fourth-order valence-corrected chi connectivity index (χ4v) is 4.94. The summed E-state index contributed by atoms with van der Waals surface area (Å²) in [5, 5.41) is 5.61. The van der Waals surface area contributed by atoms with Crippen LogP contribution in [-0.4, -0.2) is 72.2 Å². The largest absolute Gasteiger partial charge is 0.454 e. The number of hydrogen-bond donors (Lipinski definition) is 2. The molecule has 0 aliphatic heterocycles. The molecule has 2 aliphatic rings. The predicted octanol–water partition coefficient (Wildman–Crippen LogP) is 1.61. The Kier molecular flexibility index (Phi) is 12.5. The van der Waals surface area contributed by atoms with Gasteiger partial charge in [-0.25, -0.2) is 0 Å². The number of esters is 4. The van der Waals surface area contributed by atoms with E-state index >= 15 is 0 Å². The van der Waals surface area contributed by atoms with Crippen molar-refractivity contribution in [2.45, 2.75) is 128 Å². The molecule has 38 heavy (non-hydrogen) atoms. The van der Waals surface area contributed by atoms with Crippen molar-refractivity contribution in [1.29, 1.82) is 0 Å². The van der Waals surface area contributed by atoms with Crippen molar-refractivity contribution < 1.29 is 47.7 Å². The van der Waals surface area contributed by atoms with Crippen LogP contribution in [0.1, 0.15) is 91.9 Å². The predicted molar refractivity (Wildman–Crippen MR) is 132 cm³/mol. The molecule has 2 amide bonds. The molecule has 0 spiro atoms. The van der Waals surface area contributed by atoms with Crippen LogP contribution in [0.15, 0.2) is 0 Å². The Balaban J connectivity index is 2.46. The van der Waals surface area contributed by atoms with Crippen LogP contribution in [0.5, 0.6) is 0 Å². The number of nitrogens with one attached hydrogen (secondary N) is 2. The Labute approximate surface area is 222 Å². The summed E-state index contributed by atoms with van der Waals surface area (Å²) in [5.41, 5.74) is 0. The molecule has 4 atom stereocenters. The van der Waals surface area contributed by atoms with Gasteiger partial charge in [-0.3, -0.25) is 28.8 Å². The highest BCUT2D eigenvalue weighted by atomic mass is 16.6. The first kappa shape index (κ1) is 31.0. The van der Waals surface area contributed by atoms with Crippen molar-refractivity contribution in [2.75, 3.05) is 0 Å². The number of ether oxygens (including phenoxy) is 4. The SMILES string of the molecule is CC(=O)OC(C(=O)NC1CCCCC1)C(OC(C)=O)C(OC(C)=O)C(OC(C)=O)C(=O)NC1CCCCC1. The van der Waals surface area contributed by atoms with E-state index in [0.29, 0.717) is 25.7 Å². The molecule has 2 fully saturated rings. The second-order valence-electron chi connectivity index (χ2n) is 9.90. The monoisotopic (exact) mass is 540 g/mol. The molecule has 0 radical (unpaired) electrons. The number of carbonyl (C=O) groups is 6. The minimum absolute atomic E-state index is 0.196. The first-order valence-electron chi connectivity index (χ1n) is 13.3. The van der Waals surface area contributed by atoms with E-state index in [0.717, 1.165) is 66.2 Å². The van der Waals surface area contributed by atoms with Crippen LogP contribution in [0.3, 0.4) is 0 Å². The summed E-state index contributed by atoms with van der Waals surface area (Å²) in [7, 11) is 0. The van der Waals surface area contributed by atoms with Crippen LogP contribution in [0.4, 0.5) is 0 Å². The highest BCUT2D eigenvalue weighted by Gasteiger charge is 2.49. The molecule has 0 aromatic rings. The van der Waals surface area contributed by atoms with Crippen molar-refractivity contribution >= 4 is 35.7 Å². The van der Waals surface area contributed by atoms with Crippen LogP contribution < -0.4 is 10.6 Å². The Morgan fingerprint density at radius 1 is 0.500 bits per heavy atom. The van der Waals surface area contributed by atoms with E-state index in [1.807, 2.05) is 0 Å². The Morgan fingerprint density at radius 2 is 0.789 bits per heavy atom. The summed E-state index contributed by atoms with van der Waals surface area (Å²) in [6, 6.07) is -0.392. The van der Waals surface area contributed by atoms with Gasteiger partial charge in [0.2, 0.25) is 12.2 Å². The minimum Gasteiger partial charge on any atom is -0.454 e. The fraction of sp³-hybridized carbons (Fsp3) is 0.769. The van der Waals surface area contributed by atoms with Gasteiger partial charge in [0, 0.05) is 39.8 Å². The molecule has 2 rings (SSSR count). The lowest BCUT2D eigenvalue weighted by molar-refractivity contribution is -0.200. The maximum Gasteiger partial charge on any atom is 0.303 e. The fourth-order valence-electron chi connectivity index (χ4n) is 4.94. The smallest absolute Gasteiger partial charge is 0.303 e. The summed E-state index contributed by atoms with van der Waals surface area (Å²) in [4.78, 5) is 75.0. The van der Waals surface area contributed by atoms with Gasteiger partial charge in [-0.1, -0.05) is 38.5 Å². The average Bonchev–Trinajstić information content (AvgIpc) is 2.84. The van der Waals surface area contributed by atoms with Gasteiger partial charge < -0.3 is 29.6 Å². The number of rotatable bonds is 11. The maximum atomic E-state index is 13.4. The molecule has 0 aromatic carbocycles. The zero-order valence-electron chi connectivity index (χ0n) is 22.6. The third-order valence-electron chi connectivity index (χ3n) is 6.53. The highest BCUT2D eigenvalue weighted by molar-refractivity contribution is 5.87. The molecular weight excluding hydrogens is 500 g/mol. The molecule has 12 heteroatoms. The van der Waals surface area contributed by atoms with Crippen LogP contribution in [0.25, 0.3) is 0 Å². The first-order valence-corrected chi connectivity index (χ1v) is 13.3. The molecule has 214 valence electrons. The van der Waals surface area contributed by atoms with E-state index in [1.54, 1.807) is 0 Å². The number of hydrogen-bond acceptors (Lipinski definition) is 10. The molecule has 0 saturated heterocycles. The zero-order chi connectivity index (χ0) is 28.2. The zero-order valence-corrected chi connectivity index (χ0v) is 22.6. The normalized spacial score (nSPS) is 19.6. The third kappa shape index (κ3) is 10.3. The van der Waals surface area contributed by atoms with E-state index < -0.39 is 60.1 Å². The minimum atomic E-state index is -1.79. The summed E-state index contributed by atoms with van der Waals surface area (Å²) in [6.45, 7) is 4.22. The Bertz CT molecular complexity index is 794. The second kappa shape index (κ2) is 15.3. The van der Waals surface area contributed by atoms with Crippen LogP contribution in [0.2, 0.25) is 0 Å². The van der Waals surface area contributed by atoms with Crippen molar-refractivity contribution in [3.05, 3.63) is 0 Å². The standard InChI is InChI=1S/C26H40N2O10/c1-15(29)35-21(23(37-17(3)31)25(33)27-19-11-7-5-8-12-19)22(36-16(2)30)24(38-18(4)32)26(34)28-20-13-9-6-10-14-20/h19-24H,5-14H2,1-4H3,(H,27,33)(H,28,34). The molecule has 2 N–H and O–H groups in total. The Morgan fingerprint density at radius 3 is 1.05 bits per heavy atom. The van der Waals surface area contributed by atoms with Crippen molar-refractivity contribution in [3.8, 4) is 0 Å². The third-order valence-corrected chi connectivity index (χ3v) is 6.53. The van der Waals surface area contributed by atoms with Gasteiger partial charge in [0.05, 0.1) is 0 Å². The molecule has 2 aliphatic carbocycles. The van der Waals surface area contributed by atoms with Crippen LogP contribution in [-0.2, 0) is 47.7 Å². The average molecular weight is 541 g/mol. The van der Waals surface area contributed by atoms with Gasteiger partial charge in [-0.05, 0) is 25.7 Å². The van der Waals surface area contributed by atoms with Gasteiger partial charge in [-0.15, -0.1) is 0 Å². The van der Waals surface area contributed by atoms with E-state index in [9.17, 15) is 28.8 Å². The number of amides is 2. The lowest BCUT2D eigenvalue weighted by Gasteiger charge is -2.35. The van der Waals surface area contributed by atoms with Crippen LogP contribution in [0, 0.1) is 0 Å². The summed E-state index contributed by atoms with van der Waals surface area (Å²) in [5.74, 6) is -5.12. The van der Waals surface area contributed by atoms with Gasteiger partial charge in [0.15, 0.2) is 12.2 Å². The molecule has 0 aromatic heterocycles. The molecule has 2 saturated carbocycles. The van der Waals surface area contributed by atoms with E-state index in [1.165, 1.54) is 0 Å². The van der Waals surface area contributed by atoms with Gasteiger partial charge in [-0.2, -0.15) is 0 Å². The van der Waals surface area contributed by atoms with E-state index in [2.05, 4.69) is 10.6 Å². The molecule has 0 bridgehead atoms. The molecule has 0 heterocycles. The van der Waals surface area contributed by atoms with Gasteiger partial charge in [0.25, 0.3) is 11.8 Å². The highest BCUT2D eigenvalue weighted by Crippen LogP contribution is 2.23. The summed E-state index contributed by atoms with van der Waals surface area (Å²) < 4.78 is 21.3. The lowest BCUT2D eigenvalue weighted by Crippen LogP contribution is -2.60. The molecule has 12 nitrogen and oxygen atoms in total. The van der Waals surface area contributed by atoms with Crippen molar-refractivity contribution in [3.63, 3.8) is 0 Å². The maximum absolute atomic E-state index is 13.4. The number of carbonyl (C=O) groups excluding carboxylic acids is 6. The lowest BCUT2D eigenvalue weighted by atomic mass is 9.94. The van der Waals surface area contributed by atoms with E-state index in [-0.39, 0.29) is 12.1 Å². The Hall–Kier alpha value is -3.18. The van der Waals surface area contributed by atoms with Gasteiger partial charge >= 0.3 is 23.9 Å². The van der Waals surface area contributed by atoms with Crippen LogP contribution >= 0.6 is 0 Å². The quantitative estimate of drug-likeness (QED) is 0.291.